The molecule has 0 fully saturated rings. The van der Waals surface area contributed by atoms with Gasteiger partial charge in [0.05, 0.1) is 0 Å². The van der Waals surface area contributed by atoms with Crippen molar-refractivity contribution in [1.29, 1.82) is 0 Å². The number of aromatic nitrogens is 4. The second-order valence-electron chi connectivity index (χ2n) is 2.32. The minimum atomic E-state index is -0.720. The molecule has 7 nitrogen and oxygen atoms in total. The lowest BCUT2D eigenvalue weighted by Gasteiger charge is -1.86. The summed E-state index contributed by atoms with van der Waals surface area (Å²) >= 11 is 0. The van der Waals surface area contributed by atoms with Gasteiger partial charge in [0, 0.05) is 16.6 Å². The van der Waals surface area contributed by atoms with Crippen molar-refractivity contribution in [2.45, 2.75) is 26.2 Å². The van der Waals surface area contributed by atoms with Gasteiger partial charge < -0.3 is 10.1 Å². The minimum absolute atomic E-state index is 0.380. The van der Waals surface area contributed by atoms with E-state index >= 15 is 0 Å². The Hall–Kier alpha value is -1.53. The fourth-order valence-corrected chi connectivity index (χ4v) is 0.739. The standard InChI is InChI=1S/C5H9N5O2/c1-2-3-4-5-6-8-9(7-5)10(11)12/h2-4H2,1H3. The molecule has 0 radical (unpaired) electrons. The third-order valence-corrected chi connectivity index (χ3v) is 1.35. The highest BCUT2D eigenvalue weighted by Gasteiger charge is 2.11. The van der Waals surface area contributed by atoms with E-state index in [1.165, 1.54) is 0 Å². The average molecular weight is 171 g/mol. The summed E-state index contributed by atoms with van der Waals surface area (Å²) in [5.74, 6) is 0.425. The van der Waals surface area contributed by atoms with Crippen molar-refractivity contribution in [3.63, 3.8) is 0 Å². The lowest BCUT2D eigenvalue weighted by Crippen LogP contribution is -2.12. The predicted octanol–water partition coefficient (Wildman–Crippen LogP) is 0.0555. The predicted molar refractivity (Wildman–Crippen MR) is 38.8 cm³/mol. The van der Waals surface area contributed by atoms with Gasteiger partial charge in [-0.25, -0.2) is 0 Å². The molecule has 0 aliphatic rings. The molecule has 0 aliphatic heterocycles. The van der Waals surface area contributed by atoms with Crippen LogP contribution in [0.3, 0.4) is 0 Å². The molecule has 0 atom stereocenters. The fraction of sp³-hybridized carbons (Fsp3) is 0.800. The minimum Gasteiger partial charge on any atom is -0.372 e. The Bertz CT molecular complexity index is 271. The van der Waals surface area contributed by atoms with Crippen LogP contribution in [0.4, 0.5) is 0 Å². The van der Waals surface area contributed by atoms with Gasteiger partial charge in [-0.2, -0.15) is 0 Å². The van der Waals surface area contributed by atoms with E-state index in [1.807, 2.05) is 6.92 Å². The molecular formula is C5H9N5O2. The van der Waals surface area contributed by atoms with Gasteiger partial charge in [0.15, 0.2) is 4.91 Å². The highest BCUT2D eigenvalue weighted by atomic mass is 16.7. The Morgan fingerprint density at radius 2 is 2.42 bits per heavy atom. The van der Waals surface area contributed by atoms with Gasteiger partial charge >= 0.3 is 0 Å². The lowest BCUT2D eigenvalue weighted by atomic mass is 10.2. The number of rotatable bonds is 4. The molecular weight excluding hydrogens is 162 g/mol. The molecule has 1 heterocycles. The van der Waals surface area contributed by atoms with E-state index in [0.717, 1.165) is 12.8 Å². The molecule has 1 aromatic rings. The van der Waals surface area contributed by atoms with Gasteiger partial charge in [0.25, 0.3) is 5.82 Å². The van der Waals surface area contributed by atoms with Crippen molar-refractivity contribution >= 4 is 0 Å². The van der Waals surface area contributed by atoms with Crippen LogP contribution in [0.25, 0.3) is 0 Å². The molecule has 0 bridgehead atoms. The largest absolute Gasteiger partial charge is 0.372 e. The molecule has 0 saturated heterocycles. The van der Waals surface area contributed by atoms with Gasteiger partial charge in [-0.1, -0.05) is 13.3 Å². The summed E-state index contributed by atoms with van der Waals surface area (Å²) in [4.78, 5) is 10.5. The van der Waals surface area contributed by atoms with Gasteiger partial charge in [0.2, 0.25) is 0 Å². The van der Waals surface area contributed by atoms with Crippen LogP contribution in [-0.4, -0.2) is 25.3 Å². The van der Waals surface area contributed by atoms with E-state index in [-0.39, 0.29) is 0 Å². The van der Waals surface area contributed by atoms with Gasteiger partial charge in [-0.15, -0.1) is 0 Å². The first-order valence-corrected chi connectivity index (χ1v) is 3.67. The lowest BCUT2D eigenvalue weighted by molar-refractivity contribution is -0.564. The first-order chi connectivity index (χ1) is 5.74. The van der Waals surface area contributed by atoms with Crippen molar-refractivity contribution in [1.82, 2.24) is 20.3 Å². The quantitative estimate of drug-likeness (QED) is 0.472. The Morgan fingerprint density at radius 1 is 1.67 bits per heavy atom. The molecule has 0 aliphatic carbocycles. The van der Waals surface area contributed by atoms with Crippen molar-refractivity contribution < 1.29 is 5.03 Å². The number of tetrazole rings is 1. The average Bonchev–Trinajstić information content (AvgIpc) is 2.48. The highest BCUT2D eigenvalue weighted by Crippen LogP contribution is 1.95. The maximum absolute atomic E-state index is 10.1. The Morgan fingerprint density at radius 3 is 2.92 bits per heavy atom. The van der Waals surface area contributed by atoms with E-state index in [1.54, 1.807) is 0 Å². The normalized spacial score (nSPS) is 10.1. The second-order valence-corrected chi connectivity index (χ2v) is 2.32. The summed E-state index contributed by atoms with van der Waals surface area (Å²) in [5, 5.41) is 19.7. The van der Waals surface area contributed by atoms with E-state index in [9.17, 15) is 10.1 Å². The second kappa shape index (κ2) is 3.74. The number of aryl methyl sites for hydroxylation is 1. The smallest absolute Gasteiger partial charge is 0.270 e. The molecule has 0 N–H and O–H groups in total. The zero-order chi connectivity index (χ0) is 8.97. The molecule has 7 heteroatoms. The molecule has 0 aromatic carbocycles. The van der Waals surface area contributed by atoms with Crippen LogP contribution in [0.2, 0.25) is 0 Å². The highest BCUT2D eigenvalue weighted by molar-refractivity contribution is 4.75. The summed E-state index contributed by atoms with van der Waals surface area (Å²) in [5.41, 5.74) is 0. The number of unbranched alkanes of at least 4 members (excludes halogenated alkanes) is 1. The third-order valence-electron chi connectivity index (χ3n) is 1.35. The maximum atomic E-state index is 10.1. The number of hydrogen-bond acceptors (Lipinski definition) is 5. The zero-order valence-corrected chi connectivity index (χ0v) is 6.67. The Labute approximate surface area is 68.5 Å². The number of nitrogens with zero attached hydrogens (tertiary/aromatic N) is 5. The summed E-state index contributed by atoms with van der Waals surface area (Å²) in [6.07, 6.45) is 2.57. The van der Waals surface area contributed by atoms with Crippen molar-refractivity contribution in [3.8, 4) is 0 Å². The van der Waals surface area contributed by atoms with E-state index in [0.29, 0.717) is 17.2 Å². The number of hydrogen-bond donors (Lipinski definition) is 0. The van der Waals surface area contributed by atoms with Crippen LogP contribution in [0.1, 0.15) is 25.6 Å². The topological polar surface area (TPSA) is 86.7 Å². The van der Waals surface area contributed by atoms with Crippen molar-refractivity contribution in [2.24, 2.45) is 0 Å². The summed E-state index contributed by atoms with van der Waals surface area (Å²) in [7, 11) is 0. The van der Waals surface area contributed by atoms with Gasteiger partial charge in [-0.05, 0) is 11.5 Å². The SMILES string of the molecule is CCCCc1nnn([N+](=O)[O-])n1. The van der Waals surface area contributed by atoms with Crippen LogP contribution in [0, 0.1) is 10.1 Å². The number of nitro groups is 1. The van der Waals surface area contributed by atoms with Crippen molar-refractivity contribution in [3.05, 3.63) is 15.9 Å². The maximum Gasteiger partial charge on any atom is 0.270 e. The van der Waals surface area contributed by atoms with Crippen LogP contribution < -0.4 is 0 Å². The third kappa shape index (κ3) is 1.97. The zero-order valence-electron chi connectivity index (χ0n) is 6.67. The fourth-order valence-electron chi connectivity index (χ4n) is 0.739. The molecule has 1 aromatic heterocycles. The molecule has 1 rings (SSSR count). The van der Waals surface area contributed by atoms with Gasteiger partial charge in [0.1, 0.15) is 5.21 Å². The first kappa shape index (κ1) is 8.57. The molecule has 0 spiro atoms. The van der Waals surface area contributed by atoms with Crippen LogP contribution in [0.15, 0.2) is 0 Å². The van der Waals surface area contributed by atoms with E-state index in [2.05, 4.69) is 15.4 Å². The summed E-state index contributed by atoms with van der Waals surface area (Å²) in [6.45, 7) is 2.03. The molecule has 0 unspecified atom stereocenters. The van der Waals surface area contributed by atoms with Gasteiger partial charge in [-0.3, -0.25) is 0 Å². The molecule has 0 amide bonds. The first-order valence-electron chi connectivity index (χ1n) is 3.67. The van der Waals surface area contributed by atoms with E-state index < -0.39 is 5.03 Å². The summed E-state index contributed by atoms with van der Waals surface area (Å²) in [6, 6.07) is 0. The van der Waals surface area contributed by atoms with Crippen molar-refractivity contribution in [2.75, 3.05) is 0 Å². The van der Waals surface area contributed by atoms with Crippen LogP contribution in [0.5, 0.6) is 0 Å². The Balaban J connectivity index is 2.58. The Kier molecular flexibility index (Phi) is 2.67. The van der Waals surface area contributed by atoms with Crippen LogP contribution >= 0.6 is 0 Å². The monoisotopic (exact) mass is 171 g/mol. The summed E-state index contributed by atoms with van der Waals surface area (Å²) < 4.78 is 0. The van der Waals surface area contributed by atoms with E-state index in [4.69, 9.17) is 0 Å². The molecule has 0 saturated carbocycles. The molecule has 66 valence electrons. The van der Waals surface area contributed by atoms with Crippen LogP contribution in [-0.2, 0) is 6.42 Å². The molecule has 12 heavy (non-hydrogen) atoms.